The predicted molar refractivity (Wildman–Crippen MR) is 69.5 cm³/mol. The van der Waals surface area contributed by atoms with Gasteiger partial charge in [-0.15, -0.1) is 0 Å². The van der Waals surface area contributed by atoms with Crippen LogP contribution in [0.3, 0.4) is 0 Å². The largest absolute Gasteiger partial charge is 0.466 e. The Morgan fingerprint density at radius 1 is 1.56 bits per heavy atom. The van der Waals surface area contributed by atoms with Gasteiger partial charge in [-0.3, -0.25) is 9.69 Å². The first kappa shape index (κ1) is 13.5. The summed E-state index contributed by atoms with van der Waals surface area (Å²) in [6.45, 7) is 4.28. The molecule has 0 aromatic heterocycles. The summed E-state index contributed by atoms with van der Waals surface area (Å²) in [5.41, 5.74) is 0.915. The van der Waals surface area contributed by atoms with E-state index in [4.69, 9.17) is 4.74 Å². The van der Waals surface area contributed by atoms with E-state index in [0.717, 1.165) is 5.56 Å². The Kier molecular flexibility index (Phi) is 4.35. The number of carbonyl (C=O) groups is 1. The van der Waals surface area contributed by atoms with Gasteiger partial charge in [-0.1, -0.05) is 6.07 Å². The second-order valence-electron chi connectivity index (χ2n) is 4.39. The number of ether oxygens (including phenoxy) is 1. The van der Waals surface area contributed by atoms with Crippen LogP contribution < -0.4 is 0 Å². The fraction of sp³-hybridized carbons (Fsp3) is 0.462. The zero-order valence-electron chi connectivity index (χ0n) is 10.2. The van der Waals surface area contributed by atoms with Crippen molar-refractivity contribution in [3.63, 3.8) is 0 Å². The zero-order chi connectivity index (χ0) is 13.1. The molecule has 0 amide bonds. The highest BCUT2D eigenvalue weighted by atomic mass is 79.9. The first-order valence-corrected chi connectivity index (χ1v) is 6.72. The maximum absolute atomic E-state index is 13.3. The molecule has 0 saturated carbocycles. The number of rotatable bonds is 4. The van der Waals surface area contributed by atoms with Gasteiger partial charge < -0.3 is 4.74 Å². The topological polar surface area (TPSA) is 29.5 Å². The molecule has 3 nitrogen and oxygen atoms in total. The number of carbonyl (C=O) groups excluding carboxylic acids is 1. The van der Waals surface area contributed by atoms with Crippen LogP contribution in [0.2, 0.25) is 0 Å². The zero-order valence-corrected chi connectivity index (χ0v) is 11.7. The summed E-state index contributed by atoms with van der Waals surface area (Å²) < 4.78 is 18.7. The molecule has 0 aliphatic carbocycles. The number of hydrogen-bond donors (Lipinski definition) is 0. The number of halogens is 2. The first-order chi connectivity index (χ1) is 8.60. The molecular weight excluding hydrogens is 301 g/mol. The van der Waals surface area contributed by atoms with Gasteiger partial charge in [-0.05, 0) is 40.5 Å². The predicted octanol–water partition coefficient (Wildman–Crippen LogP) is 2.58. The van der Waals surface area contributed by atoms with Crippen molar-refractivity contribution in [1.82, 2.24) is 4.90 Å². The lowest BCUT2D eigenvalue weighted by Crippen LogP contribution is -2.50. The summed E-state index contributed by atoms with van der Waals surface area (Å²) >= 11 is 3.12. The van der Waals surface area contributed by atoms with E-state index in [1.54, 1.807) is 13.0 Å². The second-order valence-corrected chi connectivity index (χ2v) is 5.25. The number of hydrogen-bond acceptors (Lipinski definition) is 3. The number of benzene rings is 1. The molecule has 0 radical (unpaired) electrons. The van der Waals surface area contributed by atoms with E-state index in [0.29, 0.717) is 30.7 Å². The van der Waals surface area contributed by atoms with Gasteiger partial charge in [0.1, 0.15) is 5.82 Å². The van der Waals surface area contributed by atoms with Gasteiger partial charge in [0.25, 0.3) is 0 Å². The molecular formula is C13H15BrFNO2. The van der Waals surface area contributed by atoms with Gasteiger partial charge in [0.2, 0.25) is 0 Å². The van der Waals surface area contributed by atoms with Crippen LogP contribution in [0, 0.1) is 11.7 Å². The molecule has 1 aromatic carbocycles. The Hall–Kier alpha value is -0.940. The summed E-state index contributed by atoms with van der Waals surface area (Å²) in [6.07, 6.45) is 0. The van der Waals surface area contributed by atoms with Gasteiger partial charge in [0.15, 0.2) is 0 Å². The van der Waals surface area contributed by atoms with Crippen molar-refractivity contribution in [2.24, 2.45) is 5.92 Å². The fourth-order valence-electron chi connectivity index (χ4n) is 2.00. The SMILES string of the molecule is CCOC(=O)C1CN(Cc2ccc(Br)c(F)c2)C1. The van der Waals surface area contributed by atoms with Crippen molar-refractivity contribution >= 4 is 21.9 Å². The molecule has 0 bridgehead atoms. The third-order valence-electron chi connectivity index (χ3n) is 2.97. The minimum Gasteiger partial charge on any atom is -0.466 e. The van der Waals surface area contributed by atoms with Crippen molar-refractivity contribution in [2.75, 3.05) is 19.7 Å². The highest BCUT2D eigenvalue weighted by Crippen LogP contribution is 2.22. The molecule has 1 aliphatic rings. The van der Waals surface area contributed by atoms with Crippen LogP contribution in [0.1, 0.15) is 12.5 Å². The van der Waals surface area contributed by atoms with E-state index in [9.17, 15) is 9.18 Å². The molecule has 0 N–H and O–H groups in total. The first-order valence-electron chi connectivity index (χ1n) is 5.93. The number of likely N-dealkylation sites (tertiary alicyclic amines) is 1. The average molecular weight is 316 g/mol. The van der Waals surface area contributed by atoms with E-state index >= 15 is 0 Å². The fourth-order valence-corrected chi connectivity index (χ4v) is 2.25. The molecule has 5 heteroatoms. The standard InChI is InChI=1S/C13H15BrFNO2/c1-2-18-13(17)10-7-16(8-10)6-9-3-4-11(14)12(15)5-9/h3-5,10H,2,6-8H2,1H3. The Morgan fingerprint density at radius 3 is 2.89 bits per heavy atom. The lowest BCUT2D eigenvalue weighted by Gasteiger charge is -2.37. The highest BCUT2D eigenvalue weighted by Gasteiger charge is 2.33. The van der Waals surface area contributed by atoms with E-state index in [1.165, 1.54) is 6.07 Å². The Balaban J connectivity index is 1.83. The minimum atomic E-state index is -0.255. The van der Waals surface area contributed by atoms with Crippen molar-refractivity contribution in [3.05, 3.63) is 34.1 Å². The van der Waals surface area contributed by atoms with Crippen LogP contribution >= 0.6 is 15.9 Å². The van der Waals surface area contributed by atoms with Crippen LogP contribution in [0.5, 0.6) is 0 Å². The van der Waals surface area contributed by atoms with Crippen LogP contribution in [-0.4, -0.2) is 30.6 Å². The molecule has 1 heterocycles. The maximum Gasteiger partial charge on any atom is 0.311 e. The third-order valence-corrected chi connectivity index (χ3v) is 3.61. The van der Waals surface area contributed by atoms with Crippen LogP contribution in [-0.2, 0) is 16.1 Å². The average Bonchev–Trinajstić information content (AvgIpc) is 2.28. The van der Waals surface area contributed by atoms with Gasteiger partial charge in [0, 0.05) is 19.6 Å². The molecule has 1 saturated heterocycles. The summed E-state index contributed by atoms with van der Waals surface area (Å²) in [5.74, 6) is -0.407. The second kappa shape index (κ2) is 5.80. The minimum absolute atomic E-state index is 0.0229. The lowest BCUT2D eigenvalue weighted by molar-refractivity contribution is -0.154. The van der Waals surface area contributed by atoms with Crippen LogP contribution in [0.15, 0.2) is 22.7 Å². The number of esters is 1. The molecule has 0 spiro atoms. The van der Waals surface area contributed by atoms with Crippen LogP contribution in [0.4, 0.5) is 4.39 Å². The van der Waals surface area contributed by atoms with Crippen molar-refractivity contribution in [3.8, 4) is 0 Å². The molecule has 18 heavy (non-hydrogen) atoms. The molecule has 1 fully saturated rings. The van der Waals surface area contributed by atoms with Crippen LogP contribution in [0.25, 0.3) is 0 Å². The monoisotopic (exact) mass is 315 g/mol. The quantitative estimate of drug-likeness (QED) is 0.800. The van der Waals surface area contributed by atoms with Crippen molar-refractivity contribution in [2.45, 2.75) is 13.5 Å². The van der Waals surface area contributed by atoms with Gasteiger partial charge in [0.05, 0.1) is 17.0 Å². The molecule has 1 aliphatic heterocycles. The third kappa shape index (κ3) is 3.09. The highest BCUT2D eigenvalue weighted by molar-refractivity contribution is 9.10. The molecule has 0 unspecified atom stereocenters. The smallest absolute Gasteiger partial charge is 0.311 e. The summed E-state index contributed by atoms with van der Waals surface area (Å²) in [7, 11) is 0. The maximum atomic E-state index is 13.3. The van der Waals surface area contributed by atoms with Crippen molar-refractivity contribution < 1.29 is 13.9 Å². The van der Waals surface area contributed by atoms with E-state index in [1.807, 2.05) is 6.07 Å². The Morgan fingerprint density at radius 2 is 2.28 bits per heavy atom. The summed E-state index contributed by atoms with van der Waals surface area (Å²) in [4.78, 5) is 13.5. The van der Waals surface area contributed by atoms with Crippen molar-refractivity contribution in [1.29, 1.82) is 0 Å². The van der Waals surface area contributed by atoms with E-state index in [2.05, 4.69) is 20.8 Å². The molecule has 1 aromatic rings. The lowest BCUT2D eigenvalue weighted by atomic mass is 9.99. The number of nitrogens with zero attached hydrogens (tertiary/aromatic N) is 1. The van der Waals surface area contributed by atoms with E-state index < -0.39 is 0 Å². The van der Waals surface area contributed by atoms with Gasteiger partial charge in [-0.2, -0.15) is 0 Å². The molecule has 0 atom stereocenters. The van der Waals surface area contributed by atoms with Gasteiger partial charge >= 0.3 is 5.97 Å². The molecule has 2 rings (SSSR count). The van der Waals surface area contributed by atoms with Gasteiger partial charge in [-0.25, -0.2) is 4.39 Å². The summed E-state index contributed by atoms with van der Waals surface area (Å²) in [5, 5.41) is 0. The Labute approximate surface area is 114 Å². The van der Waals surface area contributed by atoms with E-state index in [-0.39, 0.29) is 17.7 Å². The normalized spacial score (nSPS) is 16.4. The Bertz CT molecular complexity index is 447. The molecule has 98 valence electrons. The summed E-state index contributed by atoms with van der Waals surface area (Å²) in [6, 6.07) is 5.10.